The SMILES string of the molecule is C=C/C=C\C(=C/CC=C)c1cc2c(s1)CCCC21N=C(N)CC(=CC)C1=O. The Balaban J connectivity index is 2.13. The summed E-state index contributed by atoms with van der Waals surface area (Å²) in [7, 11) is 0. The number of hydrogen-bond donors (Lipinski definition) is 1. The molecule has 0 fully saturated rings. The first kappa shape index (κ1) is 19.3. The van der Waals surface area contributed by atoms with Gasteiger partial charge in [-0.3, -0.25) is 9.79 Å². The number of fused-ring (bicyclic) bond motifs is 2. The summed E-state index contributed by atoms with van der Waals surface area (Å²) in [6.07, 6.45) is 15.6. The molecule has 4 heteroatoms. The van der Waals surface area contributed by atoms with Crippen LogP contribution in [0.1, 0.15) is 47.9 Å². The molecule has 2 aliphatic rings. The molecule has 3 rings (SSSR count). The van der Waals surface area contributed by atoms with Crippen LogP contribution in [0.5, 0.6) is 0 Å². The molecule has 1 aliphatic heterocycles. The summed E-state index contributed by atoms with van der Waals surface area (Å²) in [6.45, 7) is 9.47. The molecule has 0 saturated heterocycles. The third-order valence-electron chi connectivity index (χ3n) is 5.12. The largest absolute Gasteiger partial charge is 0.387 e. The Hall–Kier alpha value is -2.46. The van der Waals surface area contributed by atoms with Gasteiger partial charge in [-0.05, 0) is 44.2 Å². The fraction of sp³-hybridized carbons (Fsp3) is 0.304. The van der Waals surface area contributed by atoms with Gasteiger partial charge in [0.1, 0.15) is 0 Å². The molecule has 1 aliphatic carbocycles. The molecular weight excluding hydrogens is 352 g/mol. The number of Topliss-reactive ketones (excluding diaryl/α,β-unsaturated/α-hetero) is 1. The van der Waals surface area contributed by atoms with Crippen molar-refractivity contribution in [2.75, 3.05) is 0 Å². The van der Waals surface area contributed by atoms with Gasteiger partial charge < -0.3 is 5.73 Å². The van der Waals surface area contributed by atoms with E-state index in [2.05, 4.69) is 31.4 Å². The van der Waals surface area contributed by atoms with Crippen molar-refractivity contribution in [2.24, 2.45) is 10.7 Å². The van der Waals surface area contributed by atoms with Gasteiger partial charge in [0.05, 0.1) is 5.84 Å². The quantitative estimate of drug-likeness (QED) is 0.432. The third-order valence-corrected chi connectivity index (χ3v) is 6.36. The van der Waals surface area contributed by atoms with Crippen LogP contribution in [0.25, 0.3) is 5.57 Å². The Morgan fingerprint density at radius 2 is 2.26 bits per heavy atom. The lowest BCUT2D eigenvalue weighted by Gasteiger charge is -2.36. The number of aliphatic imine (C=N–C) groups is 1. The minimum atomic E-state index is -0.835. The summed E-state index contributed by atoms with van der Waals surface area (Å²) < 4.78 is 0. The second-order valence-electron chi connectivity index (χ2n) is 6.86. The van der Waals surface area contributed by atoms with E-state index in [9.17, 15) is 4.79 Å². The van der Waals surface area contributed by atoms with Gasteiger partial charge in [0.15, 0.2) is 11.3 Å². The van der Waals surface area contributed by atoms with Crippen molar-refractivity contribution in [3.8, 4) is 0 Å². The maximum absolute atomic E-state index is 13.3. The van der Waals surface area contributed by atoms with E-state index >= 15 is 0 Å². The van der Waals surface area contributed by atoms with Crippen molar-refractivity contribution in [3.63, 3.8) is 0 Å². The van der Waals surface area contributed by atoms with Gasteiger partial charge in [-0.2, -0.15) is 0 Å². The smallest absolute Gasteiger partial charge is 0.191 e. The number of hydrogen-bond acceptors (Lipinski definition) is 4. The lowest BCUT2D eigenvalue weighted by atomic mass is 9.73. The minimum Gasteiger partial charge on any atom is -0.387 e. The van der Waals surface area contributed by atoms with E-state index in [4.69, 9.17) is 10.7 Å². The number of allylic oxidation sites excluding steroid dienone is 7. The summed E-state index contributed by atoms with van der Waals surface area (Å²) in [6, 6.07) is 2.15. The highest BCUT2D eigenvalue weighted by molar-refractivity contribution is 7.13. The van der Waals surface area contributed by atoms with E-state index < -0.39 is 5.54 Å². The summed E-state index contributed by atoms with van der Waals surface area (Å²) >= 11 is 1.75. The summed E-state index contributed by atoms with van der Waals surface area (Å²) in [5.41, 5.74) is 8.24. The van der Waals surface area contributed by atoms with Gasteiger partial charge in [0, 0.05) is 27.3 Å². The molecule has 2 heterocycles. The Kier molecular flexibility index (Phi) is 5.76. The first-order valence-electron chi connectivity index (χ1n) is 9.33. The Labute approximate surface area is 165 Å². The summed E-state index contributed by atoms with van der Waals surface area (Å²) in [5.74, 6) is 0.667. The number of amidine groups is 1. The van der Waals surface area contributed by atoms with Gasteiger partial charge in [0.2, 0.25) is 0 Å². The van der Waals surface area contributed by atoms with E-state index in [-0.39, 0.29) is 5.78 Å². The van der Waals surface area contributed by atoms with E-state index in [1.165, 1.54) is 4.88 Å². The van der Waals surface area contributed by atoms with Crippen molar-refractivity contribution in [1.82, 2.24) is 0 Å². The molecule has 0 bridgehead atoms. The highest BCUT2D eigenvalue weighted by Crippen LogP contribution is 2.47. The average Bonchev–Trinajstić information content (AvgIpc) is 3.10. The van der Waals surface area contributed by atoms with Crippen molar-refractivity contribution in [2.45, 2.75) is 44.6 Å². The molecule has 1 spiro atoms. The number of ketones is 1. The van der Waals surface area contributed by atoms with Gasteiger partial charge >= 0.3 is 0 Å². The van der Waals surface area contributed by atoms with E-state index in [1.54, 1.807) is 17.4 Å². The van der Waals surface area contributed by atoms with Gasteiger partial charge in [0.25, 0.3) is 0 Å². The number of nitrogens with zero attached hydrogens (tertiary/aromatic N) is 1. The molecular formula is C23H26N2OS. The fourth-order valence-corrected chi connectivity index (χ4v) is 5.14. The number of aryl methyl sites for hydroxylation is 1. The summed E-state index contributed by atoms with van der Waals surface area (Å²) in [5, 5.41) is 0. The molecule has 0 amide bonds. The van der Waals surface area contributed by atoms with Crippen molar-refractivity contribution < 1.29 is 4.79 Å². The molecule has 1 atom stereocenters. The zero-order valence-corrected chi connectivity index (χ0v) is 16.6. The zero-order valence-electron chi connectivity index (χ0n) is 15.8. The Morgan fingerprint density at radius 3 is 2.96 bits per heavy atom. The second kappa shape index (κ2) is 8.05. The predicted molar refractivity (Wildman–Crippen MR) is 116 cm³/mol. The lowest BCUT2D eigenvalue weighted by molar-refractivity contribution is -0.121. The first-order chi connectivity index (χ1) is 13.1. The zero-order chi connectivity index (χ0) is 19.4. The topological polar surface area (TPSA) is 55.4 Å². The number of thiophene rings is 1. The van der Waals surface area contributed by atoms with E-state index in [0.29, 0.717) is 12.3 Å². The Bertz CT molecular complexity index is 897. The van der Waals surface area contributed by atoms with Crippen LogP contribution >= 0.6 is 11.3 Å². The van der Waals surface area contributed by atoms with Crippen molar-refractivity contribution in [3.05, 3.63) is 76.6 Å². The van der Waals surface area contributed by atoms with Crippen LogP contribution in [-0.2, 0) is 16.8 Å². The Morgan fingerprint density at radius 1 is 1.44 bits per heavy atom. The summed E-state index contributed by atoms with van der Waals surface area (Å²) in [4.78, 5) is 20.4. The monoisotopic (exact) mass is 378 g/mol. The molecule has 1 unspecified atom stereocenters. The number of nitrogens with two attached hydrogens (primary N) is 1. The molecule has 3 nitrogen and oxygen atoms in total. The normalized spacial score (nSPS) is 24.3. The minimum absolute atomic E-state index is 0.114. The molecule has 1 aromatic rings. The molecule has 1 aromatic heterocycles. The number of rotatable bonds is 5. The molecule has 0 saturated carbocycles. The number of carbonyl (C=O) groups excluding carboxylic acids is 1. The molecule has 140 valence electrons. The van der Waals surface area contributed by atoms with Crippen LogP contribution in [0.3, 0.4) is 0 Å². The highest BCUT2D eigenvalue weighted by Gasteiger charge is 2.47. The number of carbonyl (C=O) groups is 1. The maximum Gasteiger partial charge on any atom is 0.191 e. The third kappa shape index (κ3) is 3.54. The average molecular weight is 379 g/mol. The lowest BCUT2D eigenvalue weighted by Crippen LogP contribution is -2.43. The van der Waals surface area contributed by atoms with Crippen LogP contribution in [0.2, 0.25) is 0 Å². The van der Waals surface area contributed by atoms with Gasteiger partial charge in [-0.1, -0.05) is 43.0 Å². The van der Waals surface area contributed by atoms with Crippen LogP contribution in [-0.4, -0.2) is 11.6 Å². The van der Waals surface area contributed by atoms with Crippen LogP contribution < -0.4 is 5.73 Å². The molecule has 27 heavy (non-hydrogen) atoms. The van der Waals surface area contributed by atoms with E-state index in [1.807, 2.05) is 25.2 Å². The van der Waals surface area contributed by atoms with Crippen LogP contribution in [0.4, 0.5) is 0 Å². The van der Waals surface area contributed by atoms with E-state index in [0.717, 1.165) is 47.3 Å². The molecule has 0 radical (unpaired) electrons. The predicted octanol–water partition coefficient (Wildman–Crippen LogP) is 5.26. The standard InChI is InChI=1S/C23H26N2OS/c1-4-7-10-17(11-8-5-2)20-15-18-19(27-20)12-9-13-23(18)22(26)16(6-3)14-21(24)25-23/h4-7,10-11,15H,1-2,8-9,12-14H2,3H3,(H2,24,25)/b10-7-,16-6?,17-11+. The van der Waals surface area contributed by atoms with Crippen molar-refractivity contribution >= 4 is 28.5 Å². The van der Waals surface area contributed by atoms with Gasteiger partial charge in [-0.25, -0.2) is 0 Å². The molecule has 2 N–H and O–H groups in total. The molecule has 0 aromatic carbocycles. The van der Waals surface area contributed by atoms with Crippen LogP contribution in [0, 0.1) is 0 Å². The van der Waals surface area contributed by atoms with Crippen molar-refractivity contribution in [1.29, 1.82) is 0 Å². The first-order valence-corrected chi connectivity index (χ1v) is 10.1. The maximum atomic E-state index is 13.3. The van der Waals surface area contributed by atoms with Crippen LogP contribution in [0.15, 0.2) is 66.2 Å². The fourth-order valence-electron chi connectivity index (χ4n) is 3.84. The van der Waals surface area contributed by atoms with Gasteiger partial charge in [-0.15, -0.1) is 17.9 Å². The highest BCUT2D eigenvalue weighted by atomic mass is 32.1. The second-order valence-corrected chi connectivity index (χ2v) is 8.00.